The van der Waals surface area contributed by atoms with Gasteiger partial charge in [0.2, 0.25) is 0 Å². The Hall–Kier alpha value is -1.92. The highest BCUT2D eigenvalue weighted by atomic mass is 32.2. The fourth-order valence-corrected chi connectivity index (χ4v) is 9.08. The smallest absolute Gasteiger partial charge is 0.252 e. The maximum absolute atomic E-state index is 13.3. The Balaban J connectivity index is 1.23. The zero-order valence-electron chi connectivity index (χ0n) is 18.7. The molecule has 2 aromatic heterocycles. The molecule has 2 heterocycles. The number of carbonyl (C=O) groups excluding carboxylic acids is 1. The first-order valence-corrected chi connectivity index (χ1v) is 13.4. The van der Waals surface area contributed by atoms with E-state index in [2.05, 4.69) is 29.1 Å². The summed E-state index contributed by atoms with van der Waals surface area (Å²) in [6.07, 6.45) is 9.86. The lowest BCUT2D eigenvalue weighted by atomic mass is 9.49. The van der Waals surface area contributed by atoms with Crippen molar-refractivity contribution in [3.8, 4) is 0 Å². The fourth-order valence-electron chi connectivity index (χ4n) is 6.94. The number of thiophene rings is 1. The summed E-state index contributed by atoms with van der Waals surface area (Å²) in [6.45, 7) is 5.09. The summed E-state index contributed by atoms with van der Waals surface area (Å²) in [5.74, 6) is 2.75. The van der Waals surface area contributed by atoms with E-state index >= 15 is 0 Å². The second kappa shape index (κ2) is 7.84. The minimum Gasteiger partial charge on any atom is -0.351 e. The average Bonchev–Trinajstić information content (AvgIpc) is 3.06. The summed E-state index contributed by atoms with van der Waals surface area (Å²) < 4.78 is 0. The molecule has 4 fully saturated rings. The van der Waals surface area contributed by atoms with Crippen LogP contribution < -0.4 is 5.32 Å². The maximum atomic E-state index is 13.3. The molecular weight excluding hydrogens is 434 g/mol. The number of fused-ring (bicyclic) bond motifs is 1. The van der Waals surface area contributed by atoms with Gasteiger partial charge < -0.3 is 5.32 Å². The molecule has 0 radical (unpaired) electrons. The summed E-state index contributed by atoms with van der Waals surface area (Å²) in [4.78, 5) is 25.6. The molecule has 166 valence electrons. The van der Waals surface area contributed by atoms with Crippen LogP contribution in [0.15, 0.2) is 40.5 Å². The Bertz CT molecular complexity index is 1170. The summed E-state index contributed by atoms with van der Waals surface area (Å²) in [7, 11) is 0. The van der Waals surface area contributed by atoms with E-state index in [-0.39, 0.29) is 5.91 Å². The number of aromatic nitrogens is 2. The second-order valence-electron chi connectivity index (χ2n) is 10.3. The lowest BCUT2D eigenvalue weighted by molar-refractivity contribution is -0.0503. The first-order chi connectivity index (χ1) is 15.5. The molecule has 4 bridgehead atoms. The molecule has 32 heavy (non-hydrogen) atoms. The van der Waals surface area contributed by atoms with E-state index in [4.69, 9.17) is 0 Å². The van der Waals surface area contributed by atoms with Gasteiger partial charge in [0.05, 0.1) is 5.56 Å². The molecule has 0 saturated heterocycles. The monoisotopic (exact) mass is 463 g/mol. The van der Waals surface area contributed by atoms with Crippen molar-refractivity contribution in [2.75, 3.05) is 6.54 Å². The SMILES string of the molecule is Cc1sc2ncnc(Sc3ccccc3C(=O)NCC34CC5CC(CC(C5)C3)C4)c2c1C. The van der Waals surface area contributed by atoms with E-state index in [0.29, 0.717) is 5.41 Å². The number of carbonyl (C=O) groups is 1. The number of nitrogens with one attached hydrogen (secondary N) is 1. The van der Waals surface area contributed by atoms with Gasteiger partial charge in [-0.2, -0.15) is 0 Å². The molecule has 4 aliphatic rings. The van der Waals surface area contributed by atoms with Crippen LogP contribution in [0.25, 0.3) is 10.2 Å². The van der Waals surface area contributed by atoms with Crippen LogP contribution in [0.1, 0.15) is 59.3 Å². The van der Waals surface area contributed by atoms with Crippen LogP contribution in [-0.4, -0.2) is 22.4 Å². The first kappa shape index (κ1) is 20.7. The van der Waals surface area contributed by atoms with Gasteiger partial charge in [-0.3, -0.25) is 4.79 Å². The zero-order chi connectivity index (χ0) is 21.9. The molecule has 0 atom stereocenters. The molecule has 0 aliphatic heterocycles. The standard InChI is InChI=1S/C26H29N3OS2/c1-15-16(2)31-24-22(15)25(29-14-28-24)32-21-6-4-3-5-20(21)23(30)27-13-26-10-17-7-18(11-26)9-19(8-17)12-26/h3-6,14,17-19H,7-13H2,1-2H3,(H,27,30). The van der Waals surface area contributed by atoms with Crippen LogP contribution >= 0.6 is 23.1 Å². The van der Waals surface area contributed by atoms with Gasteiger partial charge in [-0.15, -0.1) is 11.3 Å². The normalized spacial score (nSPS) is 28.4. The minimum absolute atomic E-state index is 0.0485. The average molecular weight is 464 g/mol. The third kappa shape index (κ3) is 3.56. The third-order valence-corrected chi connectivity index (χ3v) is 10.3. The largest absolute Gasteiger partial charge is 0.351 e. The number of hydrogen-bond donors (Lipinski definition) is 1. The highest BCUT2D eigenvalue weighted by Gasteiger charge is 2.50. The van der Waals surface area contributed by atoms with Crippen molar-refractivity contribution in [2.24, 2.45) is 23.2 Å². The third-order valence-electron chi connectivity index (χ3n) is 8.06. The number of aryl methyl sites for hydroxylation is 2. The quantitative estimate of drug-likeness (QED) is 0.445. The van der Waals surface area contributed by atoms with Crippen molar-refractivity contribution in [3.05, 3.63) is 46.6 Å². The summed E-state index contributed by atoms with van der Waals surface area (Å²) in [6, 6.07) is 7.94. The molecule has 0 unspecified atom stereocenters. The van der Waals surface area contributed by atoms with Gasteiger partial charge in [-0.05, 0) is 93.2 Å². The van der Waals surface area contributed by atoms with E-state index < -0.39 is 0 Å². The lowest BCUT2D eigenvalue weighted by Gasteiger charge is -2.56. The Morgan fingerprint density at radius 3 is 2.50 bits per heavy atom. The summed E-state index contributed by atoms with van der Waals surface area (Å²) in [5, 5.41) is 5.40. The second-order valence-corrected chi connectivity index (χ2v) is 12.6. The van der Waals surface area contributed by atoms with Crippen molar-refractivity contribution < 1.29 is 4.79 Å². The molecule has 6 heteroatoms. The first-order valence-electron chi connectivity index (χ1n) is 11.8. The fraction of sp³-hybridized carbons (Fsp3) is 0.500. The Labute approximate surface area is 197 Å². The molecule has 7 rings (SSSR count). The van der Waals surface area contributed by atoms with Gasteiger partial charge >= 0.3 is 0 Å². The predicted octanol–water partition coefficient (Wildman–Crippen LogP) is 6.41. The van der Waals surface area contributed by atoms with Crippen LogP contribution in [0.3, 0.4) is 0 Å². The van der Waals surface area contributed by atoms with Crippen molar-refractivity contribution >= 4 is 39.2 Å². The Morgan fingerprint density at radius 1 is 1.09 bits per heavy atom. The summed E-state index contributed by atoms with van der Waals surface area (Å²) >= 11 is 3.29. The summed E-state index contributed by atoms with van der Waals surface area (Å²) in [5.41, 5.74) is 2.33. The van der Waals surface area contributed by atoms with Crippen LogP contribution in [-0.2, 0) is 0 Å². The number of hydrogen-bond acceptors (Lipinski definition) is 5. The molecule has 4 saturated carbocycles. The molecular formula is C26H29N3OS2. The van der Waals surface area contributed by atoms with Gasteiger partial charge in [0.1, 0.15) is 16.2 Å². The van der Waals surface area contributed by atoms with Gasteiger partial charge in [0.15, 0.2) is 0 Å². The van der Waals surface area contributed by atoms with Crippen molar-refractivity contribution in [3.63, 3.8) is 0 Å². The molecule has 4 nitrogen and oxygen atoms in total. The van der Waals surface area contributed by atoms with Crippen LogP contribution in [0.5, 0.6) is 0 Å². The zero-order valence-corrected chi connectivity index (χ0v) is 20.3. The van der Waals surface area contributed by atoms with Crippen LogP contribution in [0.2, 0.25) is 0 Å². The van der Waals surface area contributed by atoms with E-state index in [1.165, 1.54) is 49.0 Å². The van der Waals surface area contributed by atoms with Crippen LogP contribution in [0.4, 0.5) is 0 Å². The Kier molecular flexibility index (Phi) is 5.06. The number of nitrogens with zero attached hydrogens (tertiary/aromatic N) is 2. The number of rotatable bonds is 5. The van der Waals surface area contributed by atoms with E-state index in [0.717, 1.165) is 50.0 Å². The van der Waals surface area contributed by atoms with Gasteiger partial charge in [0.25, 0.3) is 5.91 Å². The van der Waals surface area contributed by atoms with Gasteiger partial charge in [-0.1, -0.05) is 23.9 Å². The van der Waals surface area contributed by atoms with Gasteiger partial charge in [0, 0.05) is 21.7 Å². The van der Waals surface area contributed by atoms with E-state index in [1.54, 1.807) is 29.4 Å². The van der Waals surface area contributed by atoms with Crippen molar-refractivity contribution in [1.29, 1.82) is 0 Å². The van der Waals surface area contributed by atoms with Crippen molar-refractivity contribution in [2.45, 2.75) is 62.3 Å². The molecule has 1 aromatic carbocycles. The van der Waals surface area contributed by atoms with Crippen molar-refractivity contribution in [1.82, 2.24) is 15.3 Å². The minimum atomic E-state index is 0.0485. The maximum Gasteiger partial charge on any atom is 0.252 e. The van der Waals surface area contributed by atoms with Gasteiger partial charge in [-0.25, -0.2) is 9.97 Å². The van der Waals surface area contributed by atoms with E-state index in [9.17, 15) is 4.79 Å². The molecule has 0 spiro atoms. The molecule has 4 aliphatic carbocycles. The predicted molar refractivity (Wildman–Crippen MR) is 130 cm³/mol. The highest BCUT2D eigenvalue weighted by molar-refractivity contribution is 7.99. The highest BCUT2D eigenvalue weighted by Crippen LogP contribution is 2.59. The van der Waals surface area contributed by atoms with E-state index in [1.807, 2.05) is 24.3 Å². The Morgan fingerprint density at radius 2 is 1.78 bits per heavy atom. The number of amides is 1. The topological polar surface area (TPSA) is 54.9 Å². The molecule has 3 aromatic rings. The molecule has 1 amide bonds. The number of benzene rings is 1. The lowest BCUT2D eigenvalue weighted by Crippen LogP contribution is -2.51. The van der Waals surface area contributed by atoms with Crippen LogP contribution in [0, 0.1) is 37.0 Å². The molecule has 1 N–H and O–H groups in total.